The number of ether oxygens (including phenoxy) is 1. The van der Waals surface area contributed by atoms with Gasteiger partial charge in [-0.15, -0.1) is 0 Å². The minimum absolute atomic E-state index is 0.0437. The molecule has 3 heterocycles. The van der Waals surface area contributed by atoms with E-state index in [1.165, 1.54) is 12.3 Å². The molecule has 8 nitrogen and oxygen atoms in total. The normalized spacial score (nSPS) is 19.9. The van der Waals surface area contributed by atoms with Gasteiger partial charge >= 0.3 is 5.97 Å². The predicted octanol–water partition coefficient (Wildman–Crippen LogP) is 4.24. The molecule has 2 amide bonds. The Bertz CT molecular complexity index is 1220. The van der Waals surface area contributed by atoms with Crippen molar-refractivity contribution in [3.8, 4) is 0 Å². The molecule has 2 aromatic rings. The van der Waals surface area contributed by atoms with Gasteiger partial charge < -0.3 is 19.4 Å². The Labute approximate surface area is 212 Å². The van der Waals surface area contributed by atoms with Gasteiger partial charge in [0.15, 0.2) is 8.32 Å². The summed E-state index contributed by atoms with van der Waals surface area (Å²) in [5.41, 5.74) is 2.71. The van der Waals surface area contributed by atoms with Crippen molar-refractivity contribution in [2.45, 2.75) is 45.1 Å². The molecule has 1 aromatic heterocycles. The first-order chi connectivity index (χ1) is 17.1. The van der Waals surface area contributed by atoms with Crippen molar-refractivity contribution in [1.82, 2.24) is 9.88 Å². The standard InChI is InChI=1S/C27H31N3O5Si/c1-6-13-34-27(33)24-21(15-22-23(26(32)30(22)24)17(2)35-36(3,4)5)18-9-7-11-20(14-18)29-25(31)19-10-8-12-28-16-19/h6-12,14,16-17,22-23H,1,13,15H2,2-5H3,(H,29,31)/t17-,22-,23-/m1/s1. The van der Waals surface area contributed by atoms with Crippen molar-refractivity contribution >= 4 is 37.4 Å². The van der Waals surface area contributed by atoms with Gasteiger partial charge in [0.05, 0.1) is 23.6 Å². The number of amides is 2. The molecule has 3 atom stereocenters. The minimum atomic E-state index is -1.86. The molecule has 0 spiro atoms. The molecule has 2 aliphatic rings. The number of esters is 1. The van der Waals surface area contributed by atoms with E-state index in [9.17, 15) is 14.4 Å². The van der Waals surface area contributed by atoms with E-state index in [2.05, 4.69) is 36.5 Å². The fourth-order valence-corrected chi connectivity index (χ4v) is 6.08. The van der Waals surface area contributed by atoms with Crippen molar-refractivity contribution in [1.29, 1.82) is 0 Å². The zero-order chi connectivity index (χ0) is 26.0. The van der Waals surface area contributed by atoms with E-state index in [0.717, 1.165) is 5.56 Å². The van der Waals surface area contributed by atoms with E-state index in [1.54, 1.807) is 41.4 Å². The Morgan fingerprint density at radius 3 is 2.72 bits per heavy atom. The number of carbonyl (C=O) groups is 3. The highest BCUT2D eigenvalue weighted by Crippen LogP contribution is 2.48. The Hall–Kier alpha value is -3.56. The van der Waals surface area contributed by atoms with Crippen molar-refractivity contribution in [3.63, 3.8) is 0 Å². The Morgan fingerprint density at radius 2 is 2.06 bits per heavy atom. The average molecular weight is 506 g/mol. The first-order valence-corrected chi connectivity index (χ1v) is 15.4. The van der Waals surface area contributed by atoms with Crippen molar-refractivity contribution in [2.75, 3.05) is 11.9 Å². The molecule has 9 heteroatoms. The number of carbonyl (C=O) groups excluding carboxylic acids is 3. The summed E-state index contributed by atoms with van der Waals surface area (Å²) in [6, 6.07) is 10.4. The van der Waals surface area contributed by atoms with Gasteiger partial charge in [-0.05, 0) is 68.4 Å². The number of rotatable bonds is 9. The van der Waals surface area contributed by atoms with Gasteiger partial charge in [-0.25, -0.2) is 4.79 Å². The quantitative estimate of drug-likeness (QED) is 0.237. The van der Waals surface area contributed by atoms with E-state index < -0.39 is 14.3 Å². The lowest BCUT2D eigenvalue weighted by molar-refractivity contribution is -0.161. The zero-order valence-corrected chi connectivity index (χ0v) is 22.0. The summed E-state index contributed by atoms with van der Waals surface area (Å²) in [7, 11) is -1.86. The summed E-state index contributed by atoms with van der Waals surface area (Å²) >= 11 is 0. The molecule has 0 unspecified atom stereocenters. The number of hydrogen-bond donors (Lipinski definition) is 1. The second-order valence-corrected chi connectivity index (χ2v) is 14.4. The largest absolute Gasteiger partial charge is 0.457 e. The highest BCUT2D eigenvalue weighted by molar-refractivity contribution is 6.69. The molecule has 1 N–H and O–H groups in total. The molecule has 0 saturated carbocycles. The highest BCUT2D eigenvalue weighted by atomic mass is 28.4. The Morgan fingerprint density at radius 1 is 1.28 bits per heavy atom. The number of nitrogens with one attached hydrogen (secondary N) is 1. The third-order valence-corrected chi connectivity index (χ3v) is 7.25. The Balaban J connectivity index is 1.63. The molecule has 0 radical (unpaired) electrons. The molecule has 188 valence electrons. The molecule has 1 fully saturated rings. The highest BCUT2D eigenvalue weighted by Gasteiger charge is 2.57. The monoisotopic (exact) mass is 505 g/mol. The van der Waals surface area contributed by atoms with E-state index in [1.807, 2.05) is 13.0 Å². The lowest BCUT2D eigenvalue weighted by Gasteiger charge is -2.47. The van der Waals surface area contributed by atoms with Crippen LogP contribution in [0.4, 0.5) is 5.69 Å². The van der Waals surface area contributed by atoms with Crippen LogP contribution in [0, 0.1) is 5.92 Å². The van der Waals surface area contributed by atoms with E-state index >= 15 is 0 Å². The summed E-state index contributed by atoms with van der Waals surface area (Å²) < 4.78 is 11.6. The third kappa shape index (κ3) is 5.17. The van der Waals surface area contributed by atoms with Gasteiger partial charge in [-0.2, -0.15) is 0 Å². The average Bonchev–Trinajstić information content (AvgIpc) is 3.17. The first kappa shape index (κ1) is 25.5. The molecule has 0 aliphatic carbocycles. The van der Waals surface area contributed by atoms with Crippen molar-refractivity contribution in [2.24, 2.45) is 5.92 Å². The van der Waals surface area contributed by atoms with Crippen LogP contribution in [0.2, 0.25) is 19.6 Å². The number of nitrogens with zero attached hydrogens (tertiary/aromatic N) is 2. The maximum absolute atomic E-state index is 13.2. The van der Waals surface area contributed by atoms with Crippen LogP contribution in [0.5, 0.6) is 0 Å². The van der Waals surface area contributed by atoms with Crippen LogP contribution in [0.3, 0.4) is 0 Å². The molecular weight excluding hydrogens is 474 g/mol. The lowest BCUT2D eigenvalue weighted by atomic mass is 9.82. The van der Waals surface area contributed by atoms with Gasteiger partial charge in [0, 0.05) is 18.1 Å². The van der Waals surface area contributed by atoms with Gasteiger partial charge in [-0.1, -0.05) is 24.8 Å². The van der Waals surface area contributed by atoms with Crippen LogP contribution in [-0.4, -0.2) is 54.7 Å². The zero-order valence-electron chi connectivity index (χ0n) is 21.0. The second kappa shape index (κ2) is 10.2. The Kier molecular flexibility index (Phi) is 7.23. The van der Waals surface area contributed by atoms with Crippen LogP contribution in [0.1, 0.15) is 29.3 Å². The van der Waals surface area contributed by atoms with Crippen LogP contribution < -0.4 is 5.32 Å². The maximum atomic E-state index is 13.2. The number of hydrogen-bond acceptors (Lipinski definition) is 6. The molecular formula is C27H31N3O5Si. The lowest BCUT2D eigenvalue weighted by Crippen LogP contribution is -2.63. The van der Waals surface area contributed by atoms with Gasteiger partial charge in [-0.3, -0.25) is 14.6 Å². The minimum Gasteiger partial charge on any atom is -0.457 e. The van der Waals surface area contributed by atoms with Gasteiger partial charge in [0.1, 0.15) is 12.3 Å². The summed E-state index contributed by atoms with van der Waals surface area (Å²) in [6.07, 6.45) is 4.83. The van der Waals surface area contributed by atoms with Crippen LogP contribution in [-0.2, 0) is 18.8 Å². The number of fused-ring (bicyclic) bond motifs is 1. The molecule has 2 aliphatic heterocycles. The van der Waals surface area contributed by atoms with Crippen LogP contribution in [0.25, 0.3) is 5.57 Å². The fraction of sp³-hybridized carbons (Fsp3) is 0.333. The number of anilines is 1. The number of β-lactam (4-membered cyclic amide) rings is 1. The predicted molar refractivity (Wildman–Crippen MR) is 139 cm³/mol. The van der Waals surface area contributed by atoms with Crippen LogP contribution in [0.15, 0.2) is 67.1 Å². The van der Waals surface area contributed by atoms with Crippen molar-refractivity contribution in [3.05, 3.63) is 78.3 Å². The molecule has 36 heavy (non-hydrogen) atoms. The number of pyridine rings is 1. The van der Waals surface area contributed by atoms with Gasteiger partial charge in [0.2, 0.25) is 5.91 Å². The van der Waals surface area contributed by atoms with Gasteiger partial charge in [0.25, 0.3) is 5.91 Å². The summed E-state index contributed by atoms with van der Waals surface area (Å²) in [6.45, 7) is 11.8. The molecule has 1 aromatic carbocycles. The van der Waals surface area contributed by atoms with Crippen LogP contribution >= 0.6 is 0 Å². The maximum Gasteiger partial charge on any atom is 0.355 e. The van der Waals surface area contributed by atoms with Crippen molar-refractivity contribution < 1.29 is 23.5 Å². The molecule has 0 bridgehead atoms. The van der Waals surface area contributed by atoms with E-state index in [0.29, 0.717) is 23.2 Å². The summed E-state index contributed by atoms with van der Waals surface area (Å²) in [5.74, 6) is -1.32. The third-order valence-electron chi connectivity index (χ3n) is 6.17. The first-order valence-electron chi connectivity index (χ1n) is 11.9. The van der Waals surface area contributed by atoms with E-state index in [-0.39, 0.29) is 42.2 Å². The summed E-state index contributed by atoms with van der Waals surface area (Å²) in [4.78, 5) is 44.4. The topological polar surface area (TPSA) is 97.8 Å². The summed E-state index contributed by atoms with van der Waals surface area (Å²) in [5, 5.41) is 2.87. The SMILES string of the molecule is C=CCOC(=O)C1=C(c2cccc(NC(=O)c3cccnc3)c2)C[C@@H]2[C@@H]([C@@H](C)O[Si](C)(C)C)C(=O)N12. The second-order valence-electron chi connectivity index (χ2n) is 9.93. The fourth-order valence-electron chi connectivity index (χ4n) is 4.82. The molecule has 4 rings (SSSR count). The number of benzene rings is 1. The smallest absolute Gasteiger partial charge is 0.355 e. The number of aromatic nitrogens is 1. The van der Waals surface area contributed by atoms with E-state index in [4.69, 9.17) is 9.16 Å². The molecule has 1 saturated heterocycles.